The van der Waals surface area contributed by atoms with Crippen LogP contribution in [0.5, 0.6) is 0 Å². The standard InChI is InChI=1S/C21H25N5/c1-2-4-20-18(3-1)21(24-23-20)26-13-11-25(12-14-26)10-8-16-5-6-19-17(15-16)7-9-22-19/h1-6,15,22H,7-14H2,(H,23,24). The number of nitrogens with one attached hydrogen (secondary N) is 2. The Kier molecular flexibility index (Phi) is 4.02. The van der Waals surface area contributed by atoms with Crippen molar-refractivity contribution in [3.05, 3.63) is 53.6 Å². The Labute approximate surface area is 154 Å². The average molecular weight is 347 g/mol. The second-order valence-electron chi connectivity index (χ2n) is 7.34. The summed E-state index contributed by atoms with van der Waals surface area (Å²) in [5.41, 5.74) is 5.40. The van der Waals surface area contributed by atoms with Crippen molar-refractivity contribution < 1.29 is 0 Å². The van der Waals surface area contributed by atoms with Gasteiger partial charge in [-0.3, -0.25) is 10.00 Å². The van der Waals surface area contributed by atoms with E-state index in [1.54, 1.807) is 0 Å². The topological polar surface area (TPSA) is 47.2 Å². The lowest BCUT2D eigenvalue weighted by atomic mass is 10.1. The van der Waals surface area contributed by atoms with E-state index in [0.29, 0.717) is 0 Å². The number of fused-ring (bicyclic) bond motifs is 2. The molecule has 2 aliphatic rings. The number of H-pyrrole nitrogens is 1. The Morgan fingerprint density at radius 2 is 1.88 bits per heavy atom. The van der Waals surface area contributed by atoms with E-state index in [-0.39, 0.29) is 0 Å². The summed E-state index contributed by atoms with van der Waals surface area (Å²) in [7, 11) is 0. The molecule has 26 heavy (non-hydrogen) atoms. The van der Waals surface area contributed by atoms with Gasteiger partial charge in [-0.1, -0.05) is 24.3 Å². The number of anilines is 2. The Bertz CT molecular complexity index is 908. The van der Waals surface area contributed by atoms with Crippen LogP contribution in [0, 0.1) is 0 Å². The van der Waals surface area contributed by atoms with Gasteiger partial charge in [0.25, 0.3) is 0 Å². The van der Waals surface area contributed by atoms with Gasteiger partial charge in [0.05, 0.1) is 5.52 Å². The van der Waals surface area contributed by atoms with E-state index >= 15 is 0 Å². The van der Waals surface area contributed by atoms with Gasteiger partial charge in [-0.15, -0.1) is 0 Å². The first-order valence-electron chi connectivity index (χ1n) is 9.63. The molecule has 0 aliphatic carbocycles. The molecule has 0 radical (unpaired) electrons. The van der Waals surface area contributed by atoms with Crippen molar-refractivity contribution in [2.24, 2.45) is 0 Å². The third-order valence-corrected chi connectivity index (χ3v) is 5.72. The number of hydrogen-bond donors (Lipinski definition) is 2. The van der Waals surface area contributed by atoms with Crippen molar-refractivity contribution in [1.82, 2.24) is 15.1 Å². The molecule has 3 heterocycles. The lowest BCUT2D eigenvalue weighted by Gasteiger charge is -2.35. The molecule has 2 N–H and O–H groups in total. The van der Waals surface area contributed by atoms with Crippen LogP contribution in [0.2, 0.25) is 0 Å². The minimum atomic E-state index is 1.04. The molecule has 5 heteroatoms. The molecule has 0 spiro atoms. The highest BCUT2D eigenvalue weighted by Gasteiger charge is 2.20. The lowest BCUT2D eigenvalue weighted by molar-refractivity contribution is 0.260. The molecule has 0 atom stereocenters. The summed E-state index contributed by atoms with van der Waals surface area (Å²) >= 11 is 0. The van der Waals surface area contributed by atoms with Crippen LogP contribution < -0.4 is 10.2 Å². The molecular weight excluding hydrogens is 322 g/mol. The fourth-order valence-electron chi connectivity index (χ4n) is 4.17. The van der Waals surface area contributed by atoms with Gasteiger partial charge >= 0.3 is 0 Å². The van der Waals surface area contributed by atoms with Crippen LogP contribution in [-0.4, -0.2) is 54.4 Å². The average Bonchev–Trinajstić information content (AvgIpc) is 3.33. The monoisotopic (exact) mass is 347 g/mol. The van der Waals surface area contributed by atoms with Gasteiger partial charge in [-0.25, -0.2) is 0 Å². The van der Waals surface area contributed by atoms with Crippen LogP contribution in [0.4, 0.5) is 11.5 Å². The van der Waals surface area contributed by atoms with Crippen LogP contribution in [0.3, 0.4) is 0 Å². The lowest BCUT2D eigenvalue weighted by Crippen LogP contribution is -2.47. The molecule has 2 aromatic carbocycles. The van der Waals surface area contributed by atoms with Gasteiger partial charge < -0.3 is 10.2 Å². The Hall–Kier alpha value is -2.53. The maximum Gasteiger partial charge on any atom is 0.158 e. The van der Waals surface area contributed by atoms with Crippen molar-refractivity contribution in [1.29, 1.82) is 0 Å². The zero-order valence-corrected chi connectivity index (χ0v) is 15.0. The number of hydrogen-bond acceptors (Lipinski definition) is 4. The quantitative estimate of drug-likeness (QED) is 0.762. The second-order valence-corrected chi connectivity index (χ2v) is 7.34. The van der Waals surface area contributed by atoms with E-state index in [1.807, 2.05) is 0 Å². The zero-order chi connectivity index (χ0) is 17.3. The fourth-order valence-corrected chi connectivity index (χ4v) is 4.17. The summed E-state index contributed by atoms with van der Waals surface area (Å²) in [4.78, 5) is 4.99. The molecule has 0 unspecified atom stereocenters. The van der Waals surface area contributed by atoms with Crippen molar-refractivity contribution in [2.45, 2.75) is 12.8 Å². The predicted molar refractivity (Wildman–Crippen MR) is 107 cm³/mol. The van der Waals surface area contributed by atoms with E-state index in [2.05, 4.69) is 67.8 Å². The number of nitrogens with zero attached hydrogens (tertiary/aromatic N) is 3. The van der Waals surface area contributed by atoms with E-state index < -0.39 is 0 Å². The highest BCUT2D eigenvalue weighted by Crippen LogP contribution is 2.25. The summed E-state index contributed by atoms with van der Waals surface area (Å²) in [6, 6.07) is 15.3. The predicted octanol–water partition coefficient (Wildman–Crippen LogP) is 2.90. The zero-order valence-electron chi connectivity index (χ0n) is 15.0. The highest BCUT2D eigenvalue weighted by atomic mass is 15.3. The molecule has 1 fully saturated rings. The number of rotatable bonds is 4. The minimum absolute atomic E-state index is 1.04. The molecule has 5 nitrogen and oxygen atoms in total. The first kappa shape index (κ1) is 15.7. The number of para-hydroxylation sites is 1. The normalized spacial score (nSPS) is 17.5. The number of benzene rings is 2. The molecule has 134 valence electrons. The van der Waals surface area contributed by atoms with Gasteiger partial charge in [0.1, 0.15) is 0 Å². The third-order valence-electron chi connectivity index (χ3n) is 5.72. The summed E-state index contributed by atoms with van der Waals surface area (Å²) < 4.78 is 0. The number of aromatic nitrogens is 2. The Balaban J connectivity index is 1.18. The summed E-state index contributed by atoms with van der Waals surface area (Å²) in [6.07, 6.45) is 2.30. The van der Waals surface area contributed by atoms with Gasteiger partial charge in [0.15, 0.2) is 5.82 Å². The number of aromatic amines is 1. The molecule has 1 saturated heterocycles. The van der Waals surface area contributed by atoms with Gasteiger partial charge in [-0.05, 0) is 42.2 Å². The Morgan fingerprint density at radius 1 is 1.00 bits per heavy atom. The largest absolute Gasteiger partial charge is 0.384 e. The fraction of sp³-hybridized carbons (Fsp3) is 0.381. The van der Waals surface area contributed by atoms with Gasteiger partial charge in [-0.2, -0.15) is 5.10 Å². The minimum Gasteiger partial charge on any atom is -0.384 e. The van der Waals surface area contributed by atoms with Gasteiger partial charge in [0, 0.05) is 50.3 Å². The first-order valence-corrected chi connectivity index (χ1v) is 9.63. The van der Waals surface area contributed by atoms with E-state index in [4.69, 9.17) is 0 Å². The number of piperazine rings is 1. The smallest absolute Gasteiger partial charge is 0.158 e. The SMILES string of the molecule is c1ccc2c(N3CCN(CCc4ccc5c(c4)CCN5)CC3)n[nH]c2c1. The van der Waals surface area contributed by atoms with Crippen LogP contribution in [-0.2, 0) is 12.8 Å². The van der Waals surface area contributed by atoms with Crippen LogP contribution in [0.15, 0.2) is 42.5 Å². The van der Waals surface area contributed by atoms with Crippen molar-refractivity contribution in [3.8, 4) is 0 Å². The molecule has 0 amide bonds. The maximum absolute atomic E-state index is 4.55. The summed E-state index contributed by atoms with van der Waals surface area (Å²) in [5, 5.41) is 12.4. The van der Waals surface area contributed by atoms with E-state index in [1.165, 1.54) is 28.6 Å². The molecule has 3 aromatic rings. The van der Waals surface area contributed by atoms with Crippen molar-refractivity contribution in [2.75, 3.05) is 49.5 Å². The molecule has 1 aromatic heterocycles. The first-order chi connectivity index (χ1) is 12.9. The maximum atomic E-state index is 4.55. The summed E-state index contributed by atoms with van der Waals surface area (Å²) in [6.45, 7) is 6.53. The Morgan fingerprint density at radius 3 is 2.81 bits per heavy atom. The molecule has 0 saturated carbocycles. The van der Waals surface area contributed by atoms with E-state index in [9.17, 15) is 0 Å². The van der Waals surface area contributed by atoms with Crippen LogP contribution in [0.1, 0.15) is 11.1 Å². The van der Waals surface area contributed by atoms with Crippen molar-refractivity contribution in [3.63, 3.8) is 0 Å². The highest BCUT2D eigenvalue weighted by molar-refractivity contribution is 5.90. The van der Waals surface area contributed by atoms with Crippen LogP contribution >= 0.6 is 0 Å². The van der Waals surface area contributed by atoms with E-state index in [0.717, 1.165) is 57.0 Å². The van der Waals surface area contributed by atoms with Gasteiger partial charge in [0.2, 0.25) is 0 Å². The van der Waals surface area contributed by atoms with Crippen molar-refractivity contribution >= 4 is 22.4 Å². The molecule has 0 bridgehead atoms. The molecular formula is C21H25N5. The third kappa shape index (κ3) is 2.92. The molecule has 5 rings (SSSR count). The second kappa shape index (κ2) is 6.65. The summed E-state index contributed by atoms with van der Waals surface area (Å²) in [5.74, 6) is 1.10. The van der Waals surface area contributed by atoms with Crippen LogP contribution in [0.25, 0.3) is 10.9 Å². The molecule has 2 aliphatic heterocycles.